The Balaban J connectivity index is 1.83. The molecular formula is C15H22N2O2. The number of amides is 1. The van der Waals surface area contributed by atoms with Crippen LogP contribution in [0.5, 0.6) is 0 Å². The molecule has 0 radical (unpaired) electrons. The van der Waals surface area contributed by atoms with Crippen molar-refractivity contribution in [2.45, 2.75) is 51.2 Å². The molecule has 4 heteroatoms. The summed E-state index contributed by atoms with van der Waals surface area (Å²) in [5.74, 6) is 0.218. The quantitative estimate of drug-likeness (QED) is 0.886. The van der Waals surface area contributed by atoms with Crippen LogP contribution >= 0.6 is 0 Å². The molecule has 4 nitrogen and oxygen atoms in total. The second kappa shape index (κ2) is 5.00. The third kappa shape index (κ3) is 2.18. The highest BCUT2D eigenvalue weighted by molar-refractivity contribution is 5.80. The first-order valence-corrected chi connectivity index (χ1v) is 7.35. The molecular weight excluding hydrogens is 240 g/mol. The van der Waals surface area contributed by atoms with Gasteiger partial charge in [-0.3, -0.25) is 4.79 Å². The standard InChI is InChI=1S/C15H22N2O2/c1-11(15(19)16-8-2-3-9-16)17-10-7-12-13(17)5-4-6-14(12)18/h7,10-11,14,18H,2-6,8-9H2,1H3. The van der Waals surface area contributed by atoms with Crippen molar-refractivity contribution in [1.29, 1.82) is 0 Å². The van der Waals surface area contributed by atoms with Gasteiger partial charge in [0.2, 0.25) is 5.91 Å². The van der Waals surface area contributed by atoms with E-state index in [1.54, 1.807) is 0 Å². The second-order valence-electron chi connectivity index (χ2n) is 5.74. The summed E-state index contributed by atoms with van der Waals surface area (Å²) in [6, 6.07) is 1.83. The Hall–Kier alpha value is -1.29. The fraction of sp³-hybridized carbons (Fsp3) is 0.667. The van der Waals surface area contributed by atoms with Crippen molar-refractivity contribution in [3.05, 3.63) is 23.5 Å². The van der Waals surface area contributed by atoms with E-state index in [0.717, 1.165) is 56.5 Å². The van der Waals surface area contributed by atoms with Gasteiger partial charge in [-0.15, -0.1) is 0 Å². The predicted octanol–water partition coefficient (Wildman–Crippen LogP) is 2.04. The molecule has 2 unspecified atom stereocenters. The summed E-state index contributed by atoms with van der Waals surface area (Å²) in [6.07, 6.45) is 6.68. The van der Waals surface area contributed by atoms with Gasteiger partial charge in [0.1, 0.15) is 6.04 Å². The van der Waals surface area contributed by atoms with Crippen LogP contribution < -0.4 is 0 Å². The van der Waals surface area contributed by atoms with Gasteiger partial charge in [0, 0.05) is 30.5 Å². The molecule has 2 aliphatic rings. The molecule has 1 amide bonds. The molecule has 1 aliphatic heterocycles. The van der Waals surface area contributed by atoms with Crippen molar-refractivity contribution in [1.82, 2.24) is 9.47 Å². The zero-order chi connectivity index (χ0) is 13.4. The number of hydrogen-bond donors (Lipinski definition) is 1. The van der Waals surface area contributed by atoms with Crippen LogP contribution in [0.2, 0.25) is 0 Å². The first-order chi connectivity index (χ1) is 9.18. The summed E-state index contributed by atoms with van der Waals surface area (Å²) >= 11 is 0. The zero-order valence-electron chi connectivity index (χ0n) is 11.5. The average molecular weight is 262 g/mol. The molecule has 1 fully saturated rings. The van der Waals surface area contributed by atoms with Crippen molar-refractivity contribution in [3.8, 4) is 0 Å². The number of nitrogens with zero attached hydrogens (tertiary/aromatic N) is 2. The number of carbonyl (C=O) groups excluding carboxylic acids is 1. The van der Waals surface area contributed by atoms with Gasteiger partial charge in [-0.25, -0.2) is 0 Å². The highest BCUT2D eigenvalue weighted by Gasteiger charge is 2.28. The van der Waals surface area contributed by atoms with E-state index >= 15 is 0 Å². The summed E-state index contributed by atoms with van der Waals surface area (Å²) < 4.78 is 2.07. The molecule has 0 bridgehead atoms. The minimum absolute atomic E-state index is 0.146. The summed E-state index contributed by atoms with van der Waals surface area (Å²) in [6.45, 7) is 3.77. The molecule has 3 rings (SSSR count). The van der Waals surface area contributed by atoms with Gasteiger partial charge in [-0.05, 0) is 45.1 Å². The molecule has 1 N–H and O–H groups in total. The number of aliphatic hydroxyl groups excluding tert-OH is 1. The maximum atomic E-state index is 12.5. The van der Waals surface area contributed by atoms with E-state index in [-0.39, 0.29) is 18.1 Å². The minimum atomic E-state index is -0.348. The Bertz CT molecular complexity index is 474. The van der Waals surface area contributed by atoms with E-state index in [9.17, 15) is 9.90 Å². The van der Waals surface area contributed by atoms with Crippen LogP contribution in [0, 0.1) is 0 Å². The Kier molecular flexibility index (Phi) is 3.35. The monoisotopic (exact) mass is 262 g/mol. The van der Waals surface area contributed by atoms with Gasteiger partial charge in [0.05, 0.1) is 6.10 Å². The molecule has 2 heterocycles. The summed E-state index contributed by atoms with van der Waals surface area (Å²) in [5.41, 5.74) is 2.17. The van der Waals surface area contributed by atoms with Gasteiger partial charge in [0.15, 0.2) is 0 Å². The van der Waals surface area contributed by atoms with Crippen LogP contribution in [-0.4, -0.2) is 33.6 Å². The third-order valence-corrected chi connectivity index (χ3v) is 4.50. The number of aromatic nitrogens is 1. The highest BCUT2D eigenvalue weighted by Crippen LogP contribution is 2.32. The zero-order valence-corrected chi connectivity index (χ0v) is 11.5. The topological polar surface area (TPSA) is 45.5 Å². The summed E-state index contributed by atoms with van der Waals surface area (Å²) in [5, 5.41) is 10.00. The van der Waals surface area contributed by atoms with Gasteiger partial charge in [-0.2, -0.15) is 0 Å². The lowest BCUT2D eigenvalue weighted by Crippen LogP contribution is -2.34. The maximum Gasteiger partial charge on any atom is 0.245 e. The second-order valence-corrected chi connectivity index (χ2v) is 5.74. The number of rotatable bonds is 2. The van der Waals surface area contributed by atoms with Crippen LogP contribution in [0.25, 0.3) is 0 Å². The molecule has 2 atom stereocenters. The number of hydrogen-bond acceptors (Lipinski definition) is 2. The van der Waals surface area contributed by atoms with Crippen molar-refractivity contribution in [2.75, 3.05) is 13.1 Å². The molecule has 19 heavy (non-hydrogen) atoms. The smallest absolute Gasteiger partial charge is 0.245 e. The van der Waals surface area contributed by atoms with E-state index in [2.05, 4.69) is 4.57 Å². The van der Waals surface area contributed by atoms with Crippen LogP contribution in [0.4, 0.5) is 0 Å². The fourth-order valence-electron chi connectivity index (χ4n) is 3.37. The third-order valence-electron chi connectivity index (χ3n) is 4.50. The first kappa shape index (κ1) is 12.7. The average Bonchev–Trinajstić information content (AvgIpc) is 3.07. The summed E-state index contributed by atoms with van der Waals surface area (Å²) in [4.78, 5) is 14.4. The molecule has 104 valence electrons. The lowest BCUT2D eigenvalue weighted by molar-refractivity contribution is -0.133. The van der Waals surface area contributed by atoms with Gasteiger partial charge < -0.3 is 14.6 Å². The molecule has 1 aromatic rings. The maximum absolute atomic E-state index is 12.5. The lowest BCUT2D eigenvalue weighted by Gasteiger charge is -2.25. The molecule has 1 aliphatic carbocycles. The Morgan fingerprint density at radius 2 is 2.11 bits per heavy atom. The van der Waals surface area contributed by atoms with Crippen molar-refractivity contribution < 1.29 is 9.90 Å². The fourth-order valence-corrected chi connectivity index (χ4v) is 3.37. The minimum Gasteiger partial charge on any atom is -0.388 e. The molecule has 1 saturated heterocycles. The molecule has 1 aromatic heterocycles. The van der Waals surface area contributed by atoms with Crippen LogP contribution in [0.1, 0.15) is 56.0 Å². The van der Waals surface area contributed by atoms with Crippen LogP contribution in [0.15, 0.2) is 12.3 Å². The number of likely N-dealkylation sites (tertiary alicyclic amines) is 1. The van der Waals surface area contributed by atoms with Crippen molar-refractivity contribution in [2.24, 2.45) is 0 Å². The summed E-state index contributed by atoms with van der Waals surface area (Å²) in [7, 11) is 0. The number of aliphatic hydroxyl groups is 1. The Morgan fingerprint density at radius 1 is 1.37 bits per heavy atom. The SMILES string of the molecule is CC(C(=O)N1CCCC1)n1ccc2c1CCCC2O. The normalized spacial score (nSPS) is 24.3. The van der Waals surface area contributed by atoms with E-state index in [1.165, 1.54) is 0 Å². The van der Waals surface area contributed by atoms with Gasteiger partial charge >= 0.3 is 0 Å². The van der Waals surface area contributed by atoms with Gasteiger partial charge in [0.25, 0.3) is 0 Å². The van der Waals surface area contributed by atoms with Crippen molar-refractivity contribution >= 4 is 5.91 Å². The van der Waals surface area contributed by atoms with E-state index in [4.69, 9.17) is 0 Å². The predicted molar refractivity (Wildman–Crippen MR) is 72.9 cm³/mol. The number of carbonyl (C=O) groups is 1. The number of fused-ring (bicyclic) bond motifs is 1. The first-order valence-electron chi connectivity index (χ1n) is 7.35. The van der Waals surface area contributed by atoms with Crippen LogP contribution in [0.3, 0.4) is 0 Å². The molecule has 0 aromatic carbocycles. The van der Waals surface area contributed by atoms with Crippen LogP contribution in [-0.2, 0) is 11.2 Å². The highest BCUT2D eigenvalue weighted by atomic mass is 16.3. The molecule has 0 saturated carbocycles. The Morgan fingerprint density at radius 3 is 2.84 bits per heavy atom. The van der Waals surface area contributed by atoms with Gasteiger partial charge in [-0.1, -0.05) is 0 Å². The largest absolute Gasteiger partial charge is 0.388 e. The molecule has 0 spiro atoms. The van der Waals surface area contributed by atoms with E-state index < -0.39 is 0 Å². The van der Waals surface area contributed by atoms with Crippen molar-refractivity contribution in [3.63, 3.8) is 0 Å². The lowest BCUT2D eigenvalue weighted by atomic mass is 9.95. The van der Waals surface area contributed by atoms with E-state index in [1.807, 2.05) is 24.1 Å². The Labute approximate surface area is 114 Å². The van der Waals surface area contributed by atoms with E-state index in [0.29, 0.717) is 0 Å².